The molecule has 1 aromatic rings. The zero-order valence-corrected chi connectivity index (χ0v) is 12.9. The molecule has 0 aliphatic rings. The number of rotatable bonds is 8. The Bertz CT molecular complexity index is 483. The third-order valence-corrected chi connectivity index (χ3v) is 4.28. The molecule has 0 radical (unpaired) electrons. The first-order chi connectivity index (χ1) is 9.52. The third-order valence-electron chi connectivity index (χ3n) is 2.57. The van der Waals surface area contributed by atoms with Crippen LogP contribution in [-0.2, 0) is 20.3 Å². The molecule has 0 heterocycles. The maximum Gasteiger partial charge on any atom is 0.224 e. The van der Waals surface area contributed by atoms with Crippen molar-refractivity contribution in [1.82, 2.24) is 0 Å². The van der Waals surface area contributed by atoms with Crippen LogP contribution in [0.25, 0.3) is 0 Å². The SMILES string of the molecule is COCCS(=O)CCCC(=O)Nc1ccc(Cl)c(N)c1. The van der Waals surface area contributed by atoms with Gasteiger partial charge in [-0.05, 0) is 24.6 Å². The zero-order chi connectivity index (χ0) is 15.0. The minimum atomic E-state index is -0.932. The molecule has 5 nitrogen and oxygen atoms in total. The molecule has 0 bridgehead atoms. The number of ether oxygens (including phenoxy) is 1. The van der Waals surface area contributed by atoms with Gasteiger partial charge in [0.1, 0.15) is 0 Å². The van der Waals surface area contributed by atoms with Gasteiger partial charge < -0.3 is 15.8 Å². The number of nitrogen functional groups attached to an aromatic ring is 1. The van der Waals surface area contributed by atoms with Crippen LogP contribution in [0.3, 0.4) is 0 Å². The van der Waals surface area contributed by atoms with Gasteiger partial charge in [-0.1, -0.05) is 11.6 Å². The number of nitrogens with one attached hydrogen (secondary N) is 1. The lowest BCUT2D eigenvalue weighted by Crippen LogP contribution is -2.14. The van der Waals surface area contributed by atoms with Crippen molar-refractivity contribution < 1.29 is 13.7 Å². The molecule has 0 spiro atoms. The lowest BCUT2D eigenvalue weighted by atomic mass is 10.2. The molecule has 1 unspecified atom stereocenters. The Labute approximate surface area is 126 Å². The van der Waals surface area contributed by atoms with Crippen molar-refractivity contribution in [2.75, 3.05) is 36.3 Å². The molecule has 3 N–H and O–H groups in total. The van der Waals surface area contributed by atoms with Gasteiger partial charge in [-0.25, -0.2) is 0 Å². The van der Waals surface area contributed by atoms with E-state index in [0.29, 0.717) is 47.4 Å². The average molecular weight is 319 g/mol. The number of benzene rings is 1. The van der Waals surface area contributed by atoms with E-state index in [9.17, 15) is 9.00 Å². The molecule has 112 valence electrons. The summed E-state index contributed by atoms with van der Waals surface area (Å²) in [5.41, 5.74) is 6.68. The number of hydrogen-bond acceptors (Lipinski definition) is 4. The Balaban J connectivity index is 2.29. The second kappa shape index (κ2) is 8.94. The van der Waals surface area contributed by atoms with Crippen LogP contribution in [0.5, 0.6) is 0 Å². The number of carbonyl (C=O) groups is 1. The molecule has 1 aromatic carbocycles. The summed E-state index contributed by atoms with van der Waals surface area (Å²) in [5.74, 6) is 0.876. The Hall–Kier alpha value is -1.11. The van der Waals surface area contributed by atoms with Crippen LogP contribution < -0.4 is 11.1 Å². The van der Waals surface area contributed by atoms with Crippen molar-refractivity contribution in [2.24, 2.45) is 0 Å². The van der Waals surface area contributed by atoms with E-state index in [-0.39, 0.29) is 5.91 Å². The molecule has 1 atom stereocenters. The van der Waals surface area contributed by atoms with Gasteiger partial charge in [0, 0.05) is 41.5 Å². The van der Waals surface area contributed by atoms with Crippen molar-refractivity contribution in [3.63, 3.8) is 0 Å². The second-order valence-electron chi connectivity index (χ2n) is 4.23. The van der Waals surface area contributed by atoms with E-state index in [1.54, 1.807) is 25.3 Å². The molecule has 20 heavy (non-hydrogen) atoms. The predicted molar refractivity (Wildman–Crippen MR) is 83.5 cm³/mol. The number of amides is 1. The van der Waals surface area contributed by atoms with Gasteiger partial charge in [0.15, 0.2) is 0 Å². The molecular weight excluding hydrogens is 300 g/mol. The fourth-order valence-corrected chi connectivity index (χ4v) is 2.66. The summed E-state index contributed by atoms with van der Waals surface area (Å²) in [5, 5.41) is 3.18. The second-order valence-corrected chi connectivity index (χ2v) is 6.33. The Kier molecular flexibility index (Phi) is 7.58. The fourth-order valence-electron chi connectivity index (χ4n) is 1.52. The van der Waals surface area contributed by atoms with Crippen molar-refractivity contribution in [3.05, 3.63) is 23.2 Å². The lowest BCUT2D eigenvalue weighted by molar-refractivity contribution is -0.116. The Morgan fingerprint density at radius 3 is 2.85 bits per heavy atom. The van der Waals surface area contributed by atoms with Gasteiger partial charge in [0.2, 0.25) is 5.91 Å². The standard InChI is InChI=1S/C13H19ClN2O3S/c1-19-6-8-20(18)7-2-3-13(17)16-10-4-5-11(14)12(15)9-10/h4-5,9H,2-3,6-8,15H2,1H3,(H,16,17). The molecule has 0 aliphatic carbocycles. The smallest absolute Gasteiger partial charge is 0.224 e. The summed E-state index contributed by atoms with van der Waals surface area (Å²) in [4.78, 5) is 11.7. The summed E-state index contributed by atoms with van der Waals surface area (Å²) in [6.07, 6.45) is 0.895. The molecule has 0 fully saturated rings. The minimum Gasteiger partial charge on any atom is -0.397 e. The number of anilines is 2. The van der Waals surface area contributed by atoms with Crippen molar-refractivity contribution in [1.29, 1.82) is 0 Å². The van der Waals surface area contributed by atoms with Crippen LogP contribution in [0.1, 0.15) is 12.8 Å². The monoisotopic (exact) mass is 318 g/mol. The summed E-state index contributed by atoms with van der Waals surface area (Å²) in [6, 6.07) is 4.93. The first kappa shape index (κ1) is 16.9. The van der Waals surface area contributed by atoms with Crippen molar-refractivity contribution >= 4 is 39.7 Å². The number of nitrogens with two attached hydrogens (primary N) is 1. The van der Waals surface area contributed by atoms with Gasteiger partial charge in [0.05, 0.1) is 17.3 Å². The molecule has 1 amide bonds. The van der Waals surface area contributed by atoms with Crippen LogP contribution in [0, 0.1) is 0 Å². The summed E-state index contributed by atoms with van der Waals surface area (Å²) in [7, 11) is 0.640. The van der Waals surface area contributed by atoms with Crippen LogP contribution in [-0.4, -0.2) is 35.3 Å². The number of halogens is 1. The summed E-state index contributed by atoms with van der Waals surface area (Å²) >= 11 is 5.80. The Morgan fingerprint density at radius 1 is 1.45 bits per heavy atom. The van der Waals surface area contributed by atoms with Crippen LogP contribution in [0.2, 0.25) is 5.02 Å². The molecule has 0 saturated heterocycles. The topological polar surface area (TPSA) is 81.4 Å². The van der Waals surface area contributed by atoms with E-state index in [1.807, 2.05) is 0 Å². The van der Waals surface area contributed by atoms with Gasteiger partial charge in [0.25, 0.3) is 0 Å². The minimum absolute atomic E-state index is 0.129. The van der Waals surface area contributed by atoms with Gasteiger partial charge in [-0.2, -0.15) is 0 Å². The molecule has 0 aliphatic heterocycles. The van der Waals surface area contributed by atoms with Crippen molar-refractivity contribution in [3.8, 4) is 0 Å². The van der Waals surface area contributed by atoms with E-state index in [4.69, 9.17) is 22.1 Å². The summed E-state index contributed by atoms with van der Waals surface area (Å²) in [6.45, 7) is 0.475. The lowest BCUT2D eigenvalue weighted by Gasteiger charge is -2.07. The van der Waals surface area contributed by atoms with Gasteiger partial charge in [-0.15, -0.1) is 0 Å². The van der Waals surface area contributed by atoms with Gasteiger partial charge in [-0.3, -0.25) is 9.00 Å². The first-order valence-electron chi connectivity index (χ1n) is 6.21. The van der Waals surface area contributed by atoms with E-state index in [0.717, 1.165) is 0 Å². The largest absolute Gasteiger partial charge is 0.397 e. The number of methoxy groups -OCH3 is 1. The van der Waals surface area contributed by atoms with Crippen molar-refractivity contribution in [2.45, 2.75) is 12.8 Å². The highest BCUT2D eigenvalue weighted by atomic mass is 35.5. The molecule has 1 rings (SSSR count). The van der Waals surface area contributed by atoms with E-state index in [2.05, 4.69) is 5.32 Å². The molecule has 0 saturated carbocycles. The van der Waals surface area contributed by atoms with Crippen LogP contribution >= 0.6 is 11.6 Å². The highest BCUT2D eigenvalue weighted by Gasteiger charge is 2.06. The normalized spacial score (nSPS) is 12.1. The maximum atomic E-state index is 11.7. The quantitative estimate of drug-likeness (QED) is 0.719. The number of carbonyl (C=O) groups excluding carboxylic acids is 1. The van der Waals surface area contributed by atoms with E-state index < -0.39 is 10.8 Å². The molecule has 7 heteroatoms. The third kappa shape index (κ3) is 6.36. The predicted octanol–water partition coefficient (Wildman–Crippen LogP) is 2.04. The maximum absolute atomic E-state index is 11.7. The average Bonchev–Trinajstić information content (AvgIpc) is 2.40. The fraction of sp³-hybridized carbons (Fsp3) is 0.462. The first-order valence-corrected chi connectivity index (χ1v) is 8.08. The number of hydrogen-bond donors (Lipinski definition) is 2. The van der Waals surface area contributed by atoms with E-state index >= 15 is 0 Å². The molecular formula is C13H19ClN2O3S. The van der Waals surface area contributed by atoms with Crippen LogP contribution in [0.4, 0.5) is 11.4 Å². The van der Waals surface area contributed by atoms with E-state index in [1.165, 1.54) is 0 Å². The highest BCUT2D eigenvalue weighted by Crippen LogP contribution is 2.22. The summed E-state index contributed by atoms with van der Waals surface area (Å²) < 4.78 is 16.3. The highest BCUT2D eigenvalue weighted by molar-refractivity contribution is 7.84. The van der Waals surface area contributed by atoms with Gasteiger partial charge >= 0.3 is 0 Å². The molecule has 0 aromatic heterocycles. The Morgan fingerprint density at radius 2 is 2.20 bits per heavy atom. The van der Waals surface area contributed by atoms with Crippen LogP contribution in [0.15, 0.2) is 18.2 Å². The zero-order valence-electron chi connectivity index (χ0n) is 11.4.